The maximum Gasteiger partial charge on any atom is 0.414 e. The number of nitrogens with zero attached hydrogens (tertiary/aromatic N) is 1. The van der Waals surface area contributed by atoms with Crippen molar-refractivity contribution in [2.45, 2.75) is 116 Å². The van der Waals surface area contributed by atoms with Gasteiger partial charge in [-0.25, -0.2) is 0 Å². The van der Waals surface area contributed by atoms with E-state index in [0.29, 0.717) is 31.6 Å². The number of aromatic nitrogens is 1. The molecule has 3 rings (SSSR count). The largest absolute Gasteiger partial charge is 0.492 e. The van der Waals surface area contributed by atoms with E-state index in [9.17, 15) is 23.1 Å². The third-order valence-electron chi connectivity index (χ3n) is 8.37. The van der Waals surface area contributed by atoms with E-state index >= 15 is 0 Å². The molecule has 0 radical (unpaired) electrons. The highest BCUT2D eigenvalue weighted by Gasteiger charge is 2.36. The number of rotatable bonds is 22. The molecule has 2 unspecified atom stereocenters. The van der Waals surface area contributed by atoms with E-state index in [0.717, 1.165) is 47.7 Å². The van der Waals surface area contributed by atoms with E-state index in [-0.39, 0.29) is 18.9 Å². The lowest BCUT2D eigenvalue weighted by Gasteiger charge is -2.22. The summed E-state index contributed by atoms with van der Waals surface area (Å²) < 4.78 is 50.2. The summed E-state index contributed by atoms with van der Waals surface area (Å²) in [6, 6.07) is 19.8. The smallest absolute Gasteiger partial charge is 0.414 e. The number of carboxylic acid groups (broad SMARTS) is 1. The molecule has 0 spiro atoms. The molecule has 0 bridgehead atoms. The number of halogens is 3. The summed E-state index contributed by atoms with van der Waals surface area (Å²) in [7, 11) is 0. The second kappa shape index (κ2) is 20.0. The van der Waals surface area contributed by atoms with E-state index in [1.807, 2.05) is 60.7 Å². The number of ether oxygens (including phenoxy) is 2. The van der Waals surface area contributed by atoms with Gasteiger partial charge in [0.15, 0.2) is 6.10 Å². The Morgan fingerprint density at radius 3 is 2.15 bits per heavy atom. The second-order valence-electron chi connectivity index (χ2n) is 12.1. The molecule has 0 aliphatic heterocycles. The van der Waals surface area contributed by atoms with Crippen molar-refractivity contribution >= 4 is 5.97 Å². The number of pyridine rings is 1. The molecule has 2 atom stereocenters. The van der Waals surface area contributed by atoms with Gasteiger partial charge in [-0.05, 0) is 73.4 Å². The van der Waals surface area contributed by atoms with E-state index in [4.69, 9.17) is 14.5 Å². The third kappa shape index (κ3) is 13.1. The Morgan fingerprint density at radius 2 is 1.52 bits per heavy atom. The predicted octanol–water partition coefficient (Wildman–Crippen LogP) is 11.0. The molecule has 0 amide bonds. The van der Waals surface area contributed by atoms with Gasteiger partial charge in [-0.2, -0.15) is 13.2 Å². The quantitative estimate of drug-likeness (QED) is 0.111. The minimum atomic E-state index is -4.43. The van der Waals surface area contributed by atoms with Gasteiger partial charge in [0.05, 0.1) is 18.5 Å². The number of alkyl halides is 3. The molecule has 5 nitrogen and oxygen atoms in total. The summed E-state index contributed by atoms with van der Waals surface area (Å²) in [5.41, 5.74) is 4.55. The van der Waals surface area contributed by atoms with Crippen molar-refractivity contribution in [1.29, 1.82) is 0 Å². The average molecular weight is 642 g/mol. The van der Waals surface area contributed by atoms with Gasteiger partial charge in [0, 0.05) is 18.6 Å². The van der Waals surface area contributed by atoms with Crippen molar-refractivity contribution in [2.75, 3.05) is 13.2 Å². The number of aliphatic carboxylic acids is 1. The first kappa shape index (κ1) is 37.1. The molecule has 252 valence electrons. The van der Waals surface area contributed by atoms with Crippen LogP contribution in [0, 0.1) is 0 Å². The Bertz CT molecular complexity index is 1280. The topological polar surface area (TPSA) is 68.7 Å². The van der Waals surface area contributed by atoms with Crippen LogP contribution in [-0.4, -0.2) is 41.6 Å². The van der Waals surface area contributed by atoms with Crippen molar-refractivity contribution < 1.29 is 32.5 Å². The molecule has 1 N–H and O–H groups in total. The molecule has 46 heavy (non-hydrogen) atoms. The molecule has 0 fully saturated rings. The molecule has 3 aromatic rings. The molecule has 0 aliphatic carbocycles. The van der Waals surface area contributed by atoms with Crippen molar-refractivity contribution in [3.63, 3.8) is 0 Å². The third-order valence-corrected chi connectivity index (χ3v) is 8.37. The summed E-state index contributed by atoms with van der Waals surface area (Å²) in [4.78, 5) is 15.9. The zero-order valence-electron chi connectivity index (χ0n) is 27.4. The molecular weight excluding hydrogens is 591 g/mol. The highest BCUT2D eigenvalue weighted by Crippen LogP contribution is 2.36. The van der Waals surface area contributed by atoms with Gasteiger partial charge in [-0.15, -0.1) is 0 Å². The molecule has 1 heterocycles. The number of carbonyl (C=O) groups is 1. The number of unbranched alkanes of at least 4 members (excludes halogenated alkanes) is 8. The van der Waals surface area contributed by atoms with Gasteiger partial charge < -0.3 is 14.6 Å². The second-order valence-corrected chi connectivity index (χ2v) is 12.1. The highest BCUT2D eigenvalue weighted by atomic mass is 19.4. The van der Waals surface area contributed by atoms with Crippen LogP contribution in [-0.2, 0) is 9.53 Å². The van der Waals surface area contributed by atoms with Crippen LogP contribution in [0.2, 0.25) is 0 Å². The lowest BCUT2D eigenvalue weighted by Crippen LogP contribution is -2.29. The maximum atomic E-state index is 13.0. The van der Waals surface area contributed by atoms with Crippen LogP contribution in [0.3, 0.4) is 0 Å². The van der Waals surface area contributed by atoms with Gasteiger partial charge in [-0.3, -0.25) is 9.78 Å². The predicted molar refractivity (Wildman–Crippen MR) is 178 cm³/mol. The summed E-state index contributed by atoms with van der Waals surface area (Å²) in [6.07, 6.45) is 7.95. The van der Waals surface area contributed by atoms with Gasteiger partial charge in [-0.1, -0.05) is 101 Å². The number of hydrogen-bond donors (Lipinski definition) is 1. The average Bonchev–Trinajstić information content (AvgIpc) is 3.04. The van der Waals surface area contributed by atoms with Crippen molar-refractivity contribution in [3.8, 4) is 28.1 Å². The van der Waals surface area contributed by atoms with Gasteiger partial charge >= 0.3 is 12.1 Å². The standard InChI is InChI=1S/C38H50F3NO4/c1-3-4-5-6-7-8-9-10-14-25-46-33-21-23-36(42-28-33)35-27-32(20-22-34(35)31-16-12-11-13-17-31)30(18-15-19-37(43)44)24-26-45-29(2)38(39,40)41/h11-13,16-17,20-23,27-30H,3-10,14-15,18-19,24-26H2,1-2H3,(H,43,44). The van der Waals surface area contributed by atoms with Crippen molar-refractivity contribution in [1.82, 2.24) is 4.98 Å². The molecule has 0 aliphatic rings. The van der Waals surface area contributed by atoms with Crippen molar-refractivity contribution in [3.05, 3.63) is 72.4 Å². The maximum absolute atomic E-state index is 13.0. The number of benzene rings is 2. The molecule has 1 aromatic heterocycles. The number of carboxylic acids is 1. The monoisotopic (exact) mass is 641 g/mol. The molecular formula is C38H50F3NO4. The molecule has 2 aromatic carbocycles. The lowest BCUT2D eigenvalue weighted by molar-refractivity contribution is -0.214. The van der Waals surface area contributed by atoms with E-state index in [1.165, 1.54) is 44.9 Å². The molecule has 8 heteroatoms. The van der Waals surface area contributed by atoms with Crippen LogP contribution in [0.1, 0.15) is 109 Å². The fourth-order valence-electron chi connectivity index (χ4n) is 5.58. The van der Waals surface area contributed by atoms with E-state index in [1.54, 1.807) is 6.20 Å². The van der Waals surface area contributed by atoms with Gasteiger partial charge in [0.25, 0.3) is 0 Å². The van der Waals surface area contributed by atoms with Crippen LogP contribution in [0.25, 0.3) is 22.4 Å². The normalized spacial score (nSPS) is 13.0. The first-order valence-electron chi connectivity index (χ1n) is 16.9. The van der Waals surface area contributed by atoms with Crippen LogP contribution in [0.5, 0.6) is 5.75 Å². The van der Waals surface area contributed by atoms with Gasteiger partial charge in [0.1, 0.15) is 5.75 Å². The minimum absolute atomic E-state index is 0.00662. The summed E-state index contributed by atoms with van der Waals surface area (Å²) in [5, 5.41) is 9.18. The fraction of sp³-hybridized carbons (Fsp3) is 0.526. The van der Waals surface area contributed by atoms with Crippen molar-refractivity contribution in [2.24, 2.45) is 0 Å². The Labute approximate surface area is 272 Å². The Hall–Kier alpha value is -3.39. The zero-order valence-corrected chi connectivity index (χ0v) is 27.4. The van der Waals surface area contributed by atoms with E-state index in [2.05, 4.69) is 6.92 Å². The molecule has 0 saturated heterocycles. The van der Waals surface area contributed by atoms with Crippen LogP contribution in [0.4, 0.5) is 13.2 Å². The van der Waals surface area contributed by atoms with E-state index < -0.39 is 18.2 Å². The SMILES string of the molecule is CCCCCCCCCCCOc1ccc(-c2cc(C(CCCC(=O)O)CCOC(C)C(F)(F)F)ccc2-c2ccccc2)nc1. The zero-order chi connectivity index (χ0) is 33.2. The fourth-order valence-corrected chi connectivity index (χ4v) is 5.58. The highest BCUT2D eigenvalue weighted by molar-refractivity contribution is 5.82. The minimum Gasteiger partial charge on any atom is -0.492 e. The van der Waals surface area contributed by atoms with Crippen LogP contribution in [0.15, 0.2) is 66.9 Å². The lowest BCUT2D eigenvalue weighted by atomic mass is 9.86. The van der Waals surface area contributed by atoms with Crippen LogP contribution < -0.4 is 4.74 Å². The Kier molecular flexibility index (Phi) is 16.1. The first-order valence-corrected chi connectivity index (χ1v) is 16.9. The Balaban J connectivity index is 1.72. The molecule has 0 saturated carbocycles. The first-order chi connectivity index (χ1) is 22.2. The van der Waals surface area contributed by atoms with Gasteiger partial charge in [0.2, 0.25) is 0 Å². The summed E-state index contributed by atoms with van der Waals surface area (Å²) in [6.45, 7) is 3.80. The summed E-state index contributed by atoms with van der Waals surface area (Å²) >= 11 is 0. The summed E-state index contributed by atoms with van der Waals surface area (Å²) in [5.74, 6) is -0.365. The Morgan fingerprint density at radius 1 is 0.826 bits per heavy atom. The number of hydrogen-bond acceptors (Lipinski definition) is 4. The van der Waals surface area contributed by atoms with Crippen LogP contribution >= 0.6 is 0 Å².